The Bertz CT molecular complexity index is 985. The molecule has 0 unspecified atom stereocenters. The first-order chi connectivity index (χ1) is 14.0. The average Bonchev–Trinajstić information content (AvgIpc) is 2.71. The summed E-state index contributed by atoms with van der Waals surface area (Å²) in [5.74, 6) is 1.41. The minimum Gasteiger partial charge on any atom is -0.368 e. The topological polar surface area (TPSA) is 57.2 Å². The summed E-state index contributed by atoms with van der Waals surface area (Å²) in [6.45, 7) is 12.1. The summed E-state index contributed by atoms with van der Waals surface area (Å²) in [7, 11) is 0. The van der Waals surface area contributed by atoms with Gasteiger partial charge >= 0.3 is 0 Å². The quantitative estimate of drug-likeness (QED) is 0.724. The van der Waals surface area contributed by atoms with Crippen molar-refractivity contribution in [3.8, 4) is 0 Å². The number of nitrogens with one attached hydrogen (secondary N) is 1. The molecule has 29 heavy (non-hydrogen) atoms. The summed E-state index contributed by atoms with van der Waals surface area (Å²) in [4.78, 5) is 9.35. The van der Waals surface area contributed by atoms with Gasteiger partial charge in [0.25, 0.3) is 0 Å². The van der Waals surface area contributed by atoms with Gasteiger partial charge in [0.1, 0.15) is 0 Å². The van der Waals surface area contributed by atoms with Gasteiger partial charge in [-0.2, -0.15) is 10.1 Å². The van der Waals surface area contributed by atoms with Crippen molar-refractivity contribution in [3.63, 3.8) is 0 Å². The second kappa shape index (κ2) is 8.07. The van der Waals surface area contributed by atoms with E-state index in [2.05, 4.69) is 89.4 Å². The van der Waals surface area contributed by atoms with Crippen molar-refractivity contribution in [1.29, 1.82) is 0 Å². The Kier molecular flexibility index (Phi) is 5.34. The number of hydrogen-bond acceptors (Lipinski definition) is 6. The number of benzene rings is 2. The first-order valence-corrected chi connectivity index (χ1v) is 10.1. The molecular formula is C23H28N6. The van der Waals surface area contributed by atoms with Crippen molar-refractivity contribution in [2.45, 2.75) is 27.7 Å². The summed E-state index contributed by atoms with van der Waals surface area (Å²) < 4.78 is 0. The Hall–Kier alpha value is -3.15. The standard InChI is InChI=1S/C23H28N6/c1-16-6-5-7-20(14-16)28-8-10-29(11-9-28)23-26-21(15-24-27-23)25-22-18(3)12-17(2)13-19(22)4/h5-7,12-15H,8-11H2,1-4H3,(H,25,26,27). The van der Waals surface area contributed by atoms with Crippen LogP contribution in [0, 0.1) is 27.7 Å². The Morgan fingerprint density at radius 2 is 1.52 bits per heavy atom. The zero-order valence-electron chi connectivity index (χ0n) is 17.6. The third-order valence-corrected chi connectivity index (χ3v) is 5.41. The SMILES string of the molecule is Cc1cccc(N2CCN(c3nncc(Nc4c(C)cc(C)cc4C)n3)CC2)c1. The lowest BCUT2D eigenvalue weighted by molar-refractivity contribution is 0.635. The molecule has 0 atom stereocenters. The Labute approximate surface area is 172 Å². The molecule has 2 heterocycles. The molecule has 3 aromatic rings. The van der Waals surface area contributed by atoms with Gasteiger partial charge in [0.2, 0.25) is 5.95 Å². The Morgan fingerprint density at radius 3 is 2.21 bits per heavy atom. The van der Waals surface area contributed by atoms with Crippen molar-refractivity contribution in [3.05, 3.63) is 64.8 Å². The average molecular weight is 389 g/mol. The molecule has 1 aliphatic heterocycles. The zero-order chi connectivity index (χ0) is 20.4. The minimum atomic E-state index is 0.682. The molecule has 1 aromatic heterocycles. The monoisotopic (exact) mass is 388 g/mol. The molecule has 0 saturated carbocycles. The van der Waals surface area contributed by atoms with Crippen LogP contribution in [-0.4, -0.2) is 41.4 Å². The Morgan fingerprint density at radius 1 is 0.828 bits per heavy atom. The lowest BCUT2D eigenvalue weighted by atomic mass is 10.1. The normalized spacial score (nSPS) is 14.2. The summed E-state index contributed by atoms with van der Waals surface area (Å²) in [6, 6.07) is 13.0. The summed E-state index contributed by atoms with van der Waals surface area (Å²) in [5.41, 5.74) is 7.33. The van der Waals surface area contributed by atoms with Crippen molar-refractivity contribution < 1.29 is 0 Å². The highest BCUT2D eigenvalue weighted by Crippen LogP contribution is 2.26. The molecule has 1 N–H and O–H groups in total. The number of rotatable bonds is 4. The molecular weight excluding hydrogens is 360 g/mol. The van der Waals surface area contributed by atoms with E-state index in [0.717, 1.165) is 37.7 Å². The van der Waals surface area contributed by atoms with Crippen molar-refractivity contribution >= 4 is 23.1 Å². The summed E-state index contributed by atoms with van der Waals surface area (Å²) in [6.07, 6.45) is 1.69. The predicted octanol–water partition coefficient (Wildman–Crippen LogP) is 4.18. The molecule has 4 rings (SSSR count). The van der Waals surface area contributed by atoms with Gasteiger partial charge in [0.15, 0.2) is 5.82 Å². The molecule has 0 spiro atoms. The van der Waals surface area contributed by atoms with E-state index in [0.29, 0.717) is 5.95 Å². The maximum absolute atomic E-state index is 4.73. The van der Waals surface area contributed by atoms with Gasteiger partial charge in [-0.25, -0.2) is 0 Å². The van der Waals surface area contributed by atoms with E-state index in [4.69, 9.17) is 4.98 Å². The number of hydrogen-bond donors (Lipinski definition) is 1. The fourth-order valence-electron chi connectivity index (χ4n) is 3.98. The largest absolute Gasteiger partial charge is 0.368 e. The van der Waals surface area contributed by atoms with Crippen molar-refractivity contribution in [1.82, 2.24) is 15.2 Å². The van der Waals surface area contributed by atoms with E-state index in [1.807, 2.05) is 0 Å². The van der Waals surface area contributed by atoms with Gasteiger partial charge in [-0.3, -0.25) is 0 Å². The Balaban J connectivity index is 1.46. The number of anilines is 4. The molecule has 6 nitrogen and oxygen atoms in total. The maximum Gasteiger partial charge on any atom is 0.247 e. The molecule has 0 amide bonds. The fourth-order valence-corrected chi connectivity index (χ4v) is 3.98. The number of aryl methyl sites for hydroxylation is 4. The van der Waals surface area contributed by atoms with E-state index in [1.165, 1.54) is 27.9 Å². The van der Waals surface area contributed by atoms with Gasteiger partial charge in [0, 0.05) is 37.6 Å². The first kappa shape index (κ1) is 19.2. The molecule has 150 valence electrons. The molecule has 0 aliphatic carbocycles. The van der Waals surface area contributed by atoms with Gasteiger partial charge in [-0.1, -0.05) is 29.8 Å². The second-order valence-electron chi connectivity index (χ2n) is 7.85. The molecule has 0 radical (unpaired) electrons. The smallest absolute Gasteiger partial charge is 0.247 e. The van der Waals surface area contributed by atoms with Crippen LogP contribution in [0.4, 0.5) is 23.1 Å². The highest BCUT2D eigenvalue weighted by atomic mass is 15.4. The fraction of sp³-hybridized carbons (Fsp3) is 0.348. The van der Waals surface area contributed by atoms with Gasteiger partial charge < -0.3 is 15.1 Å². The van der Waals surface area contributed by atoms with Crippen LogP contribution in [0.2, 0.25) is 0 Å². The van der Waals surface area contributed by atoms with Crippen LogP contribution in [0.25, 0.3) is 0 Å². The van der Waals surface area contributed by atoms with Crippen LogP contribution in [-0.2, 0) is 0 Å². The third-order valence-electron chi connectivity index (χ3n) is 5.41. The predicted molar refractivity (Wildman–Crippen MR) is 119 cm³/mol. The minimum absolute atomic E-state index is 0.682. The van der Waals surface area contributed by atoms with Crippen molar-refractivity contribution in [2.75, 3.05) is 41.3 Å². The van der Waals surface area contributed by atoms with Crippen LogP contribution < -0.4 is 15.1 Å². The van der Waals surface area contributed by atoms with E-state index in [1.54, 1.807) is 6.20 Å². The summed E-state index contributed by atoms with van der Waals surface area (Å²) in [5, 5.41) is 11.9. The van der Waals surface area contributed by atoms with Crippen LogP contribution >= 0.6 is 0 Å². The first-order valence-electron chi connectivity index (χ1n) is 10.1. The molecule has 0 bridgehead atoms. The van der Waals surface area contributed by atoms with Crippen LogP contribution in [0.5, 0.6) is 0 Å². The highest BCUT2D eigenvalue weighted by Gasteiger charge is 2.20. The molecule has 1 aliphatic rings. The molecule has 1 saturated heterocycles. The van der Waals surface area contributed by atoms with Gasteiger partial charge in [-0.15, -0.1) is 5.10 Å². The summed E-state index contributed by atoms with van der Waals surface area (Å²) >= 11 is 0. The molecule has 1 fully saturated rings. The van der Waals surface area contributed by atoms with Crippen LogP contribution in [0.15, 0.2) is 42.6 Å². The lowest BCUT2D eigenvalue weighted by Crippen LogP contribution is -2.47. The second-order valence-corrected chi connectivity index (χ2v) is 7.85. The van der Waals surface area contributed by atoms with E-state index < -0.39 is 0 Å². The van der Waals surface area contributed by atoms with Crippen LogP contribution in [0.3, 0.4) is 0 Å². The van der Waals surface area contributed by atoms with E-state index in [-0.39, 0.29) is 0 Å². The van der Waals surface area contributed by atoms with E-state index in [9.17, 15) is 0 Å². The van der Waals surface area contributed by atoms with Crippen LogP contribution in [0.1, 0.15) is 22.3 Å². The lowest BCUT2D eigenvalue weighted by Gasteiger charge is -2.36. The highest BCUT2D eigenvalue weighted by molar-refractivity contribution is 5.65. The number of aromatic nitrogens is 3. The zero-order valence-corrected chi connectivity index (χ0v) is 17.6. The van der Waals surface area contributed by atoms with Crippen molar-refractivity contribution in [2.24, 2.45) is 0 Å². The third kappa shape index (κ3) is 4.31. The van der Waals surface area contributed by atoms with Gasteiger partial charge in [-0.05, 0) is 56.5 Å². The number of piperazine rings is 1. The van der Waals surface area contributed by atoms with Gasteiger partial charge in [0.05, 0.1) is 6.20 Å². The molecule has 2 aromatic carbocycles. The molecule has 6 heteroatoms. The number of nitrogens with zero attached hydrogens (tertiary/aromatic N) is 5. The van der Waals surface area contributed by atoms with E-state index >= 15 is 0 Å². The maximum atomic E-state index is 4.73.